The number of rotatable bonds is 3. The van der Waals surface area contributed by atoms with Gasteiger partial charge in [-0.2, -0.15) is 0 Å². The summed E-state index contributed by atoms with van der Waals surface area (Å²) in [7, 11) is 0. The van der Waals surface area contributed by atoms with Crippen molar-refractivity contribution in [3.8, 4) is 11.3 Å². The summed E-state index contributed by atoms with van der Waals surface area (Å²) in [5.74, 6) is -0.481. The van der Waals surface area contributed by atoms with E-state index in [2.05, 4.69) is 4.98 Å². The van der Waals surface area contributed by atoms with Gasteiger partial charge in [-0.25, -0.2) is 4.79 Å². The first-order valence-corrected chi connectivity index (χ1v) is 6.25. The first kappa shape index (κ1) is 11.4. The minimum atomic E-state index is -0.867. The second kappa shape index (κ2) is 4.18. The molecule has 2 aromatic rings. The van der Waals surface area contributed by atoms with Crippen LogP contribution in [0.1, 0.15) is 34.8 Å². The van der Waals surface area contributed by atoms with Crippen LogP contribution in [0.3, 0.4) is 0 Å². The van der Waals surface area contributed by atoms with Crippen LogP contribution in [0, 0.1) is 0 Å². The molecule has 1 saturated carbocycles. The average Bonchev–Trinajstić information content (AvgIpc) is 3.09. The SMILES string of the molecule is O=C(O)c1cc(-c2ccc(Cl)cc2)[nH]c1C1CC1. The molecule has 18 heavy (non-hydrogen) atoms. The smallest absolute Gasteiger partial charge is 0.337 e. The molecule has 92 valence electrons. The molecule has 1 aromatic heterocycles. The molecular formula is C14H12ClNO2. The molecule has 1 aliphatic carbocycles. The third-order valence-electron chi connectivity index (χ3n) is 3.22. The van der Waals surface area contributed by atoms with Crippen LogP contribution in [-0.2, 0) is 0 Å². The first-order valence-electron chi connectivity index (χ1n) is 5.87. The van der Waals surface area contributed by atoms with Gasteiger partial charge in [0, 0.05) is 16.4 Å². The van der Waals surface area contributed by atoms with Crippen LogP contribution in [0.25, 0.3) is 11.3 Å². The van der Waals surface area contributed by atoms with Gasteiger partial charge in [0.25, 0.3) is 0 Å². The largest absolute Gasteiger partial charge is 0.478 e. The van der Waals surface area contributed by atoms with Gasteiger partial charge in [-0.3, -0.25) is 0 Å². The Bertz CT molecular complexity index is 597. The first-order chi connectivity index (χ1) is 8.65. The molecule has 1 heterocycles. The molecule has 0 radical (unpaired) electrons. The fourth-order valence-corrected chi connectivity index (χ4v) is 2.25. The molecule has 1 fully saturated rings. The lowest BCUT2D eigenvalue weighted by atomic mass is 10.1. The van der Waals surface area contributed by atoms with Crippen LogP contribution in [0.15, 0.2) is 30.3 Å². The number of hydrogen-bond acceptors (Lipinski definition) is 1. The van der Waals surface area contributed by atoms with Crippen LogP contribution >= 0.6 is 11.6 Å². The fraction of sp³-hybridized carbons (Fsp3) is 0.214. The highest BCUT2D eigenvalue weighted by Gasteiger charge is 2.30. The van der Waals surface area contributed by atoms with E-state index in [0.29, 0.717) is 16.5 Å². The summed E-state index contributed by atoms with van der Waals surface area (Å²) in [6, 6.07) is 9.08. The zero-order valence-corrected chi connectivity index (χ0v) is 10.4. The summed E-state index contributed by atoms with van der Waals surface area (Å²) in [6.07, 6.45) is 2.14. The Labute approximate surface area is 109 Å². The van der Waals surface area contributed by atoms with Gasteiger partial charge in [-0.15, -0.1) is 0 Å². The molecule has 0 atom stereocenters. The lowest BCUT2D eigenvalue weighted by Crippen LogP contribution is -1.98. The lowest BCUT2D eigenvalue weighted by molar-refractivity contribution is 0.0696. The van der Waals surface area contributed by atoms with E-state index in [1.807, 2.05) is 12.1 Å². The number of carboxylic acids is 1. The monoisotopic (exact) mass is 261 g/mol. The van der Waals surface area contributed by atoms with E-state index in [4.69, 9.17) is 11.6 Å². The van der Waals surface area contributed by atoms with Crippen molar-refractivity contribution in [2.45, 2.75) is 18.8 Å². The molecule has 3 nitrogen and oxygen atoms in total. The van der Waals surface area contributed by atoms with Gasteiger partial charge in [-0.1, -0.05) is 23.7 Å². The molecule has 0 amide bonds. The quantitative estimate of drug-likeness (QED) is 0.880. The van der Waals surface area contributed by atoms with Crippen LogP contribution in [0.2, 0.25) is 5.02 Å². The summed E-state index contributed by atoms with van der Waals surface area (Å²) in [5, 5.41) is 9.88. The van der Waals surface area contributed by atoms with Gasteiger partial charge in [0.2, 0.25) is 0 Å². The van der Waals surface area contributed by atoms with Gasteiger partial charge < -0.3 is 10.1 Å². The molecule has 4 heteroatoms. The van der Waals surface area contributed by atoms with E-state index in [1.54, 1.807) is 18.2 Å². The van der Waals surface area contributed by atoms with E-state index in [0.717, 1.165) is 29.8 Å². The molecule has 0 spiro atoms. The van der Waals surface area contributed by atoms with Crippen LogP contribution < -0.4 is 0 Å². The van der Waals surface area contributed by atoms with Gasteiger partial charge in [0.15, 0.2) is 0 Å². The van der Waals surface area contributed by atoms with Gasteiger partial charge in [0.1, 0.15) is 0 Å². The molecule has 0 unspecified atom stereocenters. The number of nitrogens with one attached hydrogen (secondary N) is 1. The minimum Gasteiger partial charge on any atom is -0.478 e. The number of hydrogen-bond donors (Lipinski definition) is 2. The van der Waals surface area contributed by atoms with Crippen LogP contribution in [0.5, 0.6) is 0 Å². The Kier molecular flexibility index (Phi) is 2.63. The van der Waals surface area contributed by atoms with Crippen LogP contribution in [-0.4, -0.2) is 16.1 Å². The van der Waals surface area contributed by atoms with E-state index < -0.39 is 5.97 Å². The van der Waals surface area contributed by atoms with Crippen molar-refractivity contribution in [1.29, 1.82) is 0 Å². The van der Waals surface area contributed by atoms with Gasteiger partial charge >= 0.3 is 5.97 Å². The summed E-state index contributed by atoms with van der Waals surface area (Å²) in [6.45, 7) is 0. The van der Waals surface area contributed by atoms with Crippen LogP contribution in [0.4, 0.5) is 0 Å². The number of aromatic amines is 1. The van der Waals surface area contributed by atoms with Crippen molar-refractivity contribution in [3.63, 3.8) is 0 Å². The summed E-state index contributed by atoms with van der Waals surface area (Å²) in [4.78, 5) is 14.4. The maximum absolute atomic E-state index is 11.2. The number of benzene rings is 1. The third-order valence-corrected chi connectivity index (χ3v) is 3.47. The summed E-state index contributed by atoms with van der Waals surface area (Å²) < 4.78 is 0. The molecule has 1 aromatic carbocycles. The standard InChI is InChI=1S/C14H12ClNO2/c15-10-5-3-8(4-6-10)12-7-11(14(17)18)13(16-12)9-1-2-9/h3-7,9,16H,1-2H2,(H,17,18). The summed E-state index contributed by atoms with van der Waals surface area (Å²) in [5.41, 5.74) is 3.04. The maximum Gasteiger partial charge on any atom is 0.337 e. The Morgan fingerprint density at radius 3 is 2.50 bits per heavy atom. The molecule has 0 saturated heterocycles. The Hall–Kier alpha value is -1.74. The number of aromatic carboxylic acids is 1. The van der Waals surface area contributed by atoms with E-state index >= 15 is 0 Å². The van der Waals surface area contributed by atoms with E-state index in [-0.39, 0.29) is 0 Å². The van der Waals surface area contributed by atoms with Gasteiger partial charge in [0.05, 0.1) is 5.56 Å². The number of halogens is 1. The molecular weight excluding hydrogens is 250 g/mol. The second-order valence-corrected chi connectivity index (χ2v) is 5.03. The van der Waals surface area contributed by atoms with Crippen molar-refractivity contribution in [1.82, 2.24) is 4.98 Å². The molecule has 2 N–H and O–H groups in total. The van der Waals surface area contributed by atoms with Crippen molar-refractivity contribution in [2.24, 2.45) is 0 Å². The normalized spacial score (nSPS) is 14.7. The molecule has 0 bridgehead atoms. The predicted molar refractivity (Wildman–Crippen MR) is 70.2 cm³/mol. The topological polar surface area (TPSA) is 53.1 Å². The number of aromatic nitrogens is 1. The Balaban J connectivity index is 2.04. The predicted octanol–water partition coefficient (Wildman–Crippen LogP) is 3.91. The highest BCUT2D eigenvalue weighted by molar-refractivity contribution is 6.30. The third kappa shape index (κ3) is 2.02. The highest BCUT2D eigenvalue weighted by atomic mass is 35.5. The summed E-state index contributed by atoms with van der Waals surface area (Å²) >= 11 is 5.84. The van der Waals surface area contributed by atoms with Crippen molar-refractivity contribution < 1.29 is 9.90 Å². The Morgan fingerprint density at radius 2 is 1.94 bits per heavy atom. The number of carbonyl (C=O) groups is 1. The molecule has 1 aliphatic rings. The van der Waals surface area contributed by atoms with Crippen molar-refractivity contribution >= 4 is 17.6 Å². The average molecular weight is 262 g/mol. The molecule has 3 rings (SSSR count). The van der Waals surface area contributed by atoms with E-state index in [9.17, 15) is 9.90 Å². The Morgan fingerprint density at radius 1 is 1.28 bits per heavy atom. The molecule has 0 aliphatic heterocycles. The minimum absolute atomic E-state index is 0.386. The van der Waals surface area contributed by atoms with Gasteiger partial charge in [-0.05, 0) is 42.5 Å². The lowest BCUT2D eigenvalue weighted by Gasteiger charge is -1.98. The number of carboxylic acid groups (broad SMARTS) is 1. The van der Waals surface area contributed by atoms with Crippen molar-refractivity contribution in [3.05, 3.63) is 46.6 Å². The number of H-pyrrole nitrogens is 1. The maximum atomic E-state index is 11.2. The highest BCUT2D eigenvalue weighted by Crippen LogP contribution is 2.42. The van der Waals surface area contributed by atoms with Crippen molar-refractivity contribution in [2.75, 3.05) is 0 Å². The second-order valence-electron chi connectivity index (χ2n) is 4.60. The zero-order chi connectivity index (χ0) is 12.7. The fourth-order valence-electron chi connectivity index (χ4n) is 2.13. The van der Waals surface area contributed by atoms with E-state index in [1.165, 1.54) is 0 Å². The zero-order valence-electron chi connectivity index (χ0n) is 9.61.